The zero-order valence-electron chi connectivity index (χ0n) is 14.6. The number of para-hydroxylation sites is 5. The lowest BCUT2D eigenvalue weighted by Gasteiger charge is -2.12. The Balaban J connectivity index is 1.49. The van der Waals surface area contributed by atoms with Crippen LogP contribution >= 0.6 is 11.6 Å². The maximum absolute atomic E-state index is 12.3. The predicted molar refractivity (Wildman–Crippen MR) is 110 cm³/mol. The summed E-state index contributed by atoms with van der Waals surface area (Å²) >= 11 is 6.14. The van der Waals surface area contributed by atoms with Crippen LogP contribution in [0.25, 0.3) is 17.2 Å². The first kappa shape index (κ1) is 17.8. The van der Waals surface area contributed by atoms with Crippen molar-refractivity contribution in [2.75, 3.05) is 5.32 Å². The van der Waals surface area contributed by atoms with Gasteiger partial charge in [0, 0.05) is 12.2 Å². The van der Waals surface area contributed by atoms with E-state index in [0.717, 1.165) is 5.52 Å². The zero-order chi connectivity index (χ0) is 19.3. The molecule has 0 saturated carbocycles. The van der Waals surface area contributed by atoms with Crippen molar-refractivity contribution in [1.29, 1.82) is 0 Å². The average Bonchev–Trinajstić information content (AvgIpc) is 3.13. The number of rotatable bonds is 5. The number of carbonyl (C=O) groups excluding carboxylic acids is 1. The normalized spacial score (nSPS) is 11.0. The van der Waals surface area contributed by atoms with Gasteiger partial charge in [0.15, 0.2) is 11.3 Å². The average molecular weight is 391 g/mol. The minimum absolute atomic E-state index is 0.336. The second kappa shape index (κ2) is 7.98. The highest BCUT2D eigenvalue weighted by Gasteiger charge is 2.09. The lowest BCUT2D eigenvalue weighted by Crippen LogP contribution is -2.08. The van der Waals surface area contributed by atoms with E-state index in [1.165, 1.54) is 12.2 Å². The summed E-state index contributed by atoms with van der Waals surface area (Å²) in [4.78, 5) is 16.6. The van der Waals surface area contributed by atoms with Crippen LogP contribution in [0.1, 0.15) is 5.89 Å². The second-order valence-corrected chi connectivity index (χ2v) is 6.28. The molecule has 1 amide bonds. The fraction of sp³-hybridized carbons (Fsp3) is 0. The SMILES string of the molecule is O=C(/C=C/c1nc2ccccc2o1)Nc1ccccc1Oc1ccccc1Cl. The van der Waals surface area contributed by atoms with Gasteiger partial charge in [0.2, 0.25) is 11.8 Å². The molecule has 0 saturated heterocycles. The van der Waals surface area contributed by atoms with Crippen LogP contribution in [0.3, 0.4) is 0 Å². The summed E-state index contributed by atoms with van der Waals surface area (Å²) in [6.07, 6.45) is 2.88. The van der Waals surface area contributed by atoms with Gasteiger partial charge in [0.25, 0.3) is 0 Å². The number of hydrogen-bond donors (Lipinski definition) is 1. The Hall–Kier alpha value is -3.57. The molecule has 0 atom stereocenters. The number of halogens is 1. The van der Waals surface area contributed by atoms with Crippen molar-refractivity contribution in [1.82, 2.24) is 4.98 Å². The van der Waals surface area contributed by atoms with E-state index in [2.05, 4.69) is 10.3 Å². The molecule has 0 fully saturated rings. The molecule has 0 unspecified atom stereocenters. The van der Waals surface area contributed by atoms with Gasteiger partial charge in [-0.25, -0.2) is 4.98 Å². The molecule has 6 heteroatoms. The third-order valence-corrected chi connectivity index (χ3v) is 4.20. The van der Waals surface area contributed by atoms with E-state index in [4.69, 9.17) is 20.8 Å². The molecule has 0 spiro atoms. The molecule has 1 N–H and O–H groups in total. The number of ether oxygens (including phenoxy) is 1. The summed E-state index contributed by atoms with van der Waals surface area (Å²) in [5.74, 6) is 1.02. The van der Waals surface area contributed by atoms with Crippen LogP contribution in [0.15, 0.2) is 83.3 Å². The van der Waals surface area contributed by atoms with E-state index >= 15 is 0 Å². The molecule has 4 rings (SSSR count). The summed E-state index contributed by atoms with van der Waals surface area (Å²) in [5.41, 5.74) is 1.93. The van der Waals surface area contributed by atoms with Crippen LogP contribution in [-0.4, -0.2) is 10.9 Å². The van der Waals surface area contributed by atoms with Crippen molar-refractivity contribution in [2.45, 2.75) is 0 Å². The van der Waals surface area contributed by atoms with Gasteiger partial charge in [0.05, 0.1) is 10.7 Å². The number of carbonyl (C=O) groups is 1. The number of benzene rings is 3. The van der Waals surface area contributed by atoms with Crippen LogP contribution in [0.2, 0.25) is 5.02 Å². The van der Waals surface area contributed by atoms with Crippen molar-refractivity contribution >= 4 is 40.4 Å². The largest absolute Gasteiger partial charge is 0.454 e. The summed E-state index contributed by atoms with van der Waals surface area (Å²) in [5, 5.41) is 3.28. The number of nitrogens with zero attached hydrogens (tertiary/aromatic N) is 1. The lowest BCUT2D eigenvalue weighted by molar-refractivity contribution is -0.111. The number of fused-ring (bicyclic) bond motifs is 1. The molecule has 5 nitrogen and oxygen atoms in total. The molecule has 1 aromatic heterocycles. The van der Waals surface area contributed by atoms with Gasteiger partial charge in [-0.05, 0) is 36.4 Å². The van der Waals surface area contributed by atoms with Crippen LogP contribution in [0.4, 0.5) is 5.69 Å². The molecule has 3 aromatic carbocycles. The molecule has 1 heterocycles. The number of hydrogen-bond acceptors (Lipinski definition) is 4. The first-order chi connectivity index (χ1) is 13.7. The maximum Gasteiger partial charge on any atom is 0.248 e. The highest BCUT2D eigenvalue weighted by molar-refractivity contribution is 6.32. The van der Waals surface area contributed by atoms with E-state index < -0.39 is 0 Å². The summed E-state index contributed by atoms with van der Waals surface area (Å²) in [6.45, 7) is 0. The highest BCUT2D eigenvalue weighted by Crippen LogP contribution is 2.33. The fourth-order valence-electron chi connectivity index (χ4n) is 2.59. The van der Waals surface area contributed by atoms with E-state index in [1.54, 1.807) is 30.3 Å². The Bertz CT molecular complexity index is 1130. The fourth-order valence-corrected chi connectivity index (χ4v) is 2.76. The molecule has 0 aliphatic rings. The standard InChI is InChI=1S/C22H15ClN2O3/c23-15-7-1-4-10-18(15)27-19-11-5-2-8-16(19)24-21(26)13-14-22-25-17-9-3-6-12-20(17)28-22/h1-14H,(H,24,26)/b14-13+. The van der Waals surface area contributed by atoms with Gasteiger partial charge in [-0.2, -0.15) is 0 Å². The Labute approximate surface area is 166 Å². The maximum atomic E-state index is 12.3. The minimum atomic E-state index is -0.336. The summed E-state index contributed by atoms with van der Waals surface area (Å²) in [6, 6.07) is 21.7. The number of anilines is 1. The van der Waals surface area contributed by atoms with Gasteiger partial charge >= 0.3 is 0 Å². The van der Waals surface area contributed by atoms with Crippen LogP contribution in [-0.2, 0) is 4.79 Å². The van der Waals surface area contributed by atoms with Crippen LogP contribution in [0, 0.1) is 0 Å². The summed E-state index contributed by atoms with van der Waals surface area (Å²) < 4.78 is 11.4. The lowest BCUT2D eigenvalue weighted by atomic mass is 10.2. The number of nitrogens with one attached hydrogen (secondary N) is 1. The number of aromatic nitrogens is 1. The second-order valence-electron chi connectivity index (χ2n) is 5.87. The van der Waals surface area contributed by atoms with Gasteiger partial charge in [-0.1, -0.05) is 48.0 Å². The molecular weight excluding hydrogens is 376 g/mol. The number of amides is 1. The van der Waals surface area contributed by atoms with Gasteiger partial charge in [0.1, 0.15) is 11.3 Å². The molecule has 0 aliphatic heterocycles. The third kappa shape index (κ3) is 4.05. The minimum Gasteiger partial charge on any atom is -0.454 e. The van der Waals surface area contributed by atoms with Crippen molar-refractivity contribution < 1.29 is 13.9 Å². The third-order valence-electron chi connectivity index (χ3n) is 3.89. The Morgan fingerprint density at radius 2 is 1.68 bits per heavy atom. The van der Waals surface area contributed by atoms with Crippen molar-refractivity contribution in [3.8, 4) is 11.5 Å². The van der Waals surface area contributed by atoms with E-state index in [1.807, 2.05) is 42.5 Å². The predicted octanol–water partition coefficient (Wildman–Crippen LogP) is 5.93. The Morgan fingerprint density at radius 1 is 0.964 bits per heavy atom. The smallest absolute Gasteiger partial charge is 0.248 e. The molecule has 0 radical (unpaired) electrons. The molecule has 0 aliphatic carbocycles. The van der Waals surface area contributed by atoms with Crippen molar-refractivity contribution in [2.24, 2.45) is 0 Å². The quantitative estimate of drug-likeness (QED) is 0.429. The summed E-state index contributed by atoms with van der Waals surface area (Å²) in [7, 11) is 0. The topological polar surface area (TPSA) is 64.4 Å². The van der Waals surface area contributed by atoms with Crippen LogP contribution in [0.5, 0.6) is 11.5 Å². The molecular formula is C22H15ClN2O3. The number of oxazole rings is 1. The van der Waals surface area contributed by atoms with E-state index in [9.17, 15) is 4.79 Å². The molecule has 0 bridgehead atoms. The van der Waals surface area contributed by atoms with Gasteiger partial charge < -0.3 is 14.5 Å². The molecule has 28 heavy (non-hydrogen) atoms. The Kier molecular flexibility index (Phi) is 5.08. The van der Waals surface area contributed by atoms with Gasteiger partial charge in [-0.3, -0.25) is 4.79 Å². The molecule has 138 valence electrons. The van der Waals surface area contributed by atoms with Crippen LogP contribution < -0.4 is 10.1 Å². The monoisotopic (exact) mass is 390 g/mol. The zero-order valence-corrected chi connectivity index (χ0v) is 15.4. The van der Waals surface area contributed by atoms with Crippen molar-refractivity contribution in [3.63, 3.8) is 0 Å². The van der Waals surface area contributed by atoms with E-state index in [-0.39, 0.29) is 5.91 Å². The highest BCUT2D eigenvalue weighted by atomic mass is 35.5. The van der Waals surface area contributed by atoms with Gasteiger partial charge in [-0.15, -0.1) is 0 Å². The Morgan fingerprint density at radius 3 is 2.50 bits per heavy atom. The molecule has 4 aromatic rings. The van der Waals surface area contributed by atoms with E-state index in [0.29, 0.717) is 33.7 Å². The first-order valence-electron chi connectivity index (χ1n) is 8.55. The first-order valence-corrected chi connectivity index (χ1v) is 8.93. The van der Waals surface area contributed by atoms with Crippen molar-refractivity contribution in [3.05, 3.63) is 89.8 Å².